The summed E-state index contributed by atoms with van der Waals surface area (Å²) in [6, 6.07) is 0. The van der Waals surface area contributed by atoms with Crippen LogP contribution in [-0.4, -0.2) is 78.9 Å². The summed E-state index contributed by atoms with van der Waals surface area (Å²) in [7, 11) is 1.80. The molecule has 0 bridgehead atoms. The monoisotopic (exact) mass is 535 g/mol. The molecule has 6 rings (SSSR count). The Bertz CT molecular complexity index is 1140. The lowest BCUT2D eigenvalue weighted by molar-refractivity contribution is -0.129. The molecule has 0 amide bonds. The van der Waals surface area contributed by atoms with E-state index in [-0.39, 0.29) is 5.04 Å². The molecule has 0 radical (unpaired) electrons. The molecule has 3 aliphatic heterocycles. The second-order valence-electron chi connectivity index (χ2n) is 11.7. The molecule has 7 heteroatoms. The van der Waals surface area contributed by atoms with E-state index in [0.717, 1.165) is 38.6 Å². The predicted octanol–water partition coefficient (Wildman–Crippen LogP) is 5.42. The van der Waals surface area contributed by atoms with Crippen LogP contribution in [-0.2, 0) is 9.53 Å². The zero-order valence-corrected chi connectivity index (χ0v) is 23.5. The summed E-state index contributed by atoms with van der Waals surface area (Å²) in [6.45, 7) is 6.57. The maximum absolute atomic E-state index is 12.0. The highest BCUT2D eigenvalue weighted by molar-refractivity contribution is 8.19. The minimum atomic E-state index is -0.904. The van der Waals surface area contributed by atoms with Gasteiger partial charge in [-0.3, -0.25) is 4.99 Å². The van der Waals surface area contributed by atoms with Crippen LogP contribution in [0.5, 0.6) is 0 Å². The maximum atomic E-state index is 12.0. The molecule has 1 N–H and O–H groups in total. The first-order chi connectivity index (χ1) is 18.6. The molecule has 0 aromatic carbocycles. The van der Waals surface area contributed by atoms with Crippen molar-refractivity contribution in [3.63, 3.8) is 0 Å². The summed E-state index contributed by atoms with van der Waals surface area (Å²) in [4.78, 5) is 22.8. The fourth-order valence-electron chi connectivity index (χ4n) is 7.37. The van der Waals surface area contributed by atoms with Crippen molar-refractivity contribution < 1.29 is 14.6 Å². The van der Waals surface area contributed by atoms with Crippen LogP contribution in [0.25, 0.3) is 0 Å². The third-order valence-corrected chi connectivity index (χ3v) is 10.4. The van der Waals surface area contributed by atoms with Crippen LogP contribution in [0.15, 0.2) is 62.2 Å². The van der Waals surface area contributed by atoms with Crippen LogP contribution < -0.4 is 0 Å². The summed E-state index contributed by atoms with van der Waals surface area (Å²) in [6.07, 6.45) is 19.5. The molecule has 0 aromatic heterocycles. The SMILES string of the molecule is COCC[C@@H]1CCCN(CCN2C=C3C(=C(C4CCCCC4)C4=CC=CC34)C3=C(CN=C(C(=O)O)S3)C2)C1. The van der Waals surface area contributed by atoms with E-state index in [2.05, 4.69) is 39.2 Å². The number of rotatable bonds is 8. The smallest absolute Gasteiger partial charge is 0.361 e. The van der Waals surface area contributed by atoms with Crippen molar-refractivity contribution in [2.45, 2.75) is 51.4 Å². The topological polar surface area (TPSA) is 65.4 Å². The lowest BCUT2D eigenvalue weighted by atomic mass is 9.80. The lowest BCUT2D eigenvalue weighted by Crippen LogP contribution is -2.40. The van der Waals surface area contributed by atoms with Gasteiger partial charge in [-0.1, -0.05) is 49.3 Å². The Balaban J connectivity index is 1.30. The van der Waals surface area contributed by atoms with E-state index in [0.29, 0.717) is 18.4 Å². The van der Waals surface area contributed by atoms with Gasteiger partial charge >= 0.3 is 5.97 Å². The van der Waals surface area contributed by atoms with E-state index in [1.807, 2.05) is 0 Å². The number of carboxylic acids is 1. The molecule has 38 heavy (non-hydrogen) atoms. The van der Waals surface area contributed by atoms with E-state index < -0.39 is 5.97 Å². The largest absolute Gasteiger partial charge is 0.476 e. The van der Waals surface area contributed by atoms with Crippen molar-refractivity contribution in [2.24, 2.45) is 22.7 Å². The van der Waals surface area contributed by atoms with Crippen molar-refractivity contribution in [1.29, 1.82) is 0 Å². The molecule has 1 saturated carbocycles. The predicted molar refractivity (Wildman–Crippen MR) is 154 cm³/mol. The molecule has 6 aliphatic rings. The number of carbonyl (C=O) groups is 1. The zero-order chi connectivity index (χ0) is 26.1. The van der Waals surface area contributed by atoms with Crippen LogP contribution in [0.1, 0.15) is 51.4 Å². The summed E-state index contributed by atoms with van der Waals surface area (Å²) in [5, 5.41) is 10.1. The Hall–Kier alpha value is -2.09. The Kier molecular flexibility index (Phi) is 7.96. The molecule has 1 saturated heterocycles. The molecular weight excluding hydrogens is 494 g/mol. The summed E-state index contributed by atoms with van der Waals surface area (Å²) in [5.74, 6) is 0.706. The van der Waals surface area contributed by atoms with Gasteiger partial charge in [0, 0.05) is 56.9 Å². The molecular formula is C31H41N3O3S. The van der Waals surface area contributed by atoms with Crippen LogP contribution in [0.3, 0.4) is 0 Å². The maximum Gasteiger partial charge on any atom is 0.361 e. The molecule has 0 spiro atoms. The number of likely N-dealkylation sites (tertiary alicyclic amines) is 1. The molecule has 1 unspecified atom stereocenters. The van der Waals surface area contributed by atoms with Gasteiger partial charge in [0.05, 0.1) is 6.54 Å². The fraction of sp³-hybridized carbons (Fsp3) is 0.613. The Morgan fingerprint density at radius 3 is 2.84 bits per heavy atom. The van der Waals surface area contributed by atoms with Crippen LogP contribution in [0.2, 0.25) is 0 Å². The van der Waals surface area contributed by atoms with Gasteiger partial charge in [0.1, 0.15) is 0 Å². The second kappa shape index (κ2) is 11.6. The summed E-state index contributed by atoms with van der Waals surface area (Å²) in [5.41, 5.74) is 6.99. The molecule has 2 atom stereocenters. The van der Waals surface area contributed by atoms with Gasteiger partial charge < -0.3 is 19.6 Å². The zero-order valence-electron chi connectivity index (χ0n) is 22.7. The first kappa shape index (κ1) is 26.1. The summed E-state index contributed by atoms with van der Waals surface area (Å²) >= 11 is 1.41. The van der Waals surface area contributed by atoms with Gasteiger partial charge in [-0.05, 0) is 78.4 Å². The number of hydrogen-bond acceptors (Lipinski definition) is 6. The number of allylic oxidation sites excluding steroid dienone is 7. The third kappa shape index (κ3) is 5.22. The van der Waals surface area contributed by atoms with E-state index >= 15 is 0 Å². The number of ether oxygens (including phenoxy) is 1. The van der Waals surface area contributed by atoms with Crippen LogP contribution in [0, 0.1) is 17.8 Å². The number of hydrogen-bond donors (Lipinski definition) is 1. The van der Waals surface area contributed by atoms with Gasteiger partial charge in [-0.2, -0.15) is 0 Å². The molecule has 0 aromatic rings. The molecule has 3 aliphatic carbocycles. The Labute approximate surface area is 231 Å². The van der Waals surface area contributed by atoms with Crippen molar-refractivity contribution in [2.75, 3.05) is 53.0 Å². The number of aliphatic carboxylic acids is 1. The van der Waals surface area contributed by atoms with Gasteiger partial charge in [0.2, 0.25) is 0 Å². The molecule has 2 fully saturated rings. The van der Waals surface area contributed by atoms with E-state index in [4.69, 9.17) is 4.74 Å². The Morgan fingerprint density at radius 1 is 1.16 bits per heavy atom. The average molecular weight is 536 g/mol. The Morgan fingerprint density at radius 2 is 2.03 bits per heavy atom. The number of methoxy groups -OCH3 is 1. The highest BCUT2D eigenvalue weighted by atomic mass is 32.2. The van der Waals surface area contributed by atoms with Gasteiger partial charge in [0.15, 0.2) is 5.04 Å². The highest BCUT2D eigenvalue weighted by Gasteiger charge is 2.42. The fourth-order valence-corrected chi connectivity index (χ4v) is 8.38. The van der Waals surface area contributed by atoms with Crippen LogP contribution >= 0.6 is 11.8 Å². The number of nitrogens with zero attached hydrogens (tertiary/aromatic N) is 3. The van der Waals surface area contributed by atoms with E-state index in [1.165, 1.54) is 103 Å². The van der Waals surface area contributed by atoms with Crippen LogP contribution in [0.4, 0.5) is 0 Å². The number of thioether (sulfide) groups is 1. The van der Waals surface area contributed by atoms with E-state index in [1.54, 1.807) is 7.11 Å². The van der Waals surface area contributed by atoms with Crippen molar-refractivity contribution >= 4 is 22.8 Å². The third-order valence-electron chi connectivity index (χ3n) is 9.23. The first-order valence-electron chi connectivity index (χ1n) is 14.6. The highest BCUT2D eigenvalue weighted by Crippen LogP contribution is 2.55. The summed E-state index contributed by atoms with van der Waals surface area (Å²) < 4.78 is 5.35. The average Bonchev–Trinajstić information content (AvgIpc) is 3.48. The van der Waals surface area contributed by atoms with E-state index in [9.17, 15) is 9.90 Å². The standard InChI is InChI=1S/C31H41N3O3S/c1-37-16-12-21-7-6-13-33(18-21)14-15-34-19-23-17-32-30(31(35)36)38-29(23)28-26(20-34)24-10-5-11-25(24)27(28)22-8-3-2-4-9-22/h5,10-11,20-22,24H,2-4,6-9,12-19H2,1H3,(H,35,36)/t21-,24?/m0/s1. The number of piperidine rings is 1. The minimum Gasteiger partial charge on any atom is -0.476 e. The normalized spacial score (nSPS) is 28.0. The van der Waals surface area contributed by atoms with Gasteiger partial charge in [0.25, 0.3) is 0 Å². The molecule has 6 nitrogen and oxygen atoms in total. The number of aliphatic imine (C=N–C) groups is 1. The minimum absolute atomic E-state index is 0.240. The second-order valence-corrected chi connectivity index (χ2v) is 12.7. The van der Waals surface area contributed by atoms with Crippen molar-refractivity contribution in [3.05, 3.63) is 57.2 Å². The van der Waals surface area contributed by atoms with Gasteiger partial charge in [-0.25, -0.2) is 4.79 Å². The first-order valence-corrected chi connectivity index (χ1v) is 15.4. The lowest BCUT2D eigenvalue weighted by Gasteiger charge is -2.34. The van der Waals surface area contributed by atoms with Crippen molar-refractivity contribution in [3.8, 4) is 0 Å². The number of fused-ring (bicyclic) bond motifs is 4. The van der Waals surface area contributed by atoms with Gasteiger partial charge in [-0.15, -0.1) is 0 Å². The van der Waals surface area contributed by atoms with Crippen molar-refractivity contribution in [1.82, 2.24) is 9.80 Å². The quantitative estimate of drug-likeness (QED) is 0.448. The molecule has 204 valence electrons. The number of carboxylic acid groups (broad SMARTS) is 1. The molecule has 3 heterocycles.